The largest absolute Gasteiger partial charge is 0.349 e. The van der Waals surface area contributed by atoms with Gasteiger partial charge in [-0.2, -0.15) is 0 Å². The Bertz CT molecular complexity index is 451. The molecule has 98 valence electrons. The van der Waals surface area contributed by atoms with E-state index in [2.05, 4.69) is 5.32 Å². The number of benzene rings is 1. The van der Waals surface area contributed by atoms with Crippen LogP contribution in [0.2, 0.25) is 5.02 Å². The molecule has 1 aromatic carbocycles. The molecule has 3 N–H and O–H groups in total. The Kier molecular flexibility index (Phi) is 4.54. The molecule has 2 rings (SSSR count). The zero-order valence-electron chi connectivity index (χ0n) is 10.3. The summed E-state index contributed by atoms with van der Waals surface area (Å²) in [5.41, 5.74) is 6.75. The third-order valence-electron chi connectivity index (χ3n) is 2.85. The first-order chi connectivity index (χ1) is 8.56. The van der Waals surface area contributed by atoms with Gasteiger partial charge in [-0.1, -0.05) is 11.6 Å². The van der Waals surface area contributed by atoms with Crippen molar-refractivity contribution in [3.63, 3.8) is 0 Å². The fraction of sp³-hybridized carbons (Fsp3) is 0.462. The lowest BCUT2D eigenvalue weighted by molar-refractivity contribution is -0.122. The molecule has 0 spiro atoms. The minimum Gasteiger partial charge on any atom is -0.349 e. The van der Waals surface area contributed by atoms with E-state index in [0.29, 0.717) is 11.4 Å². The zero-order chi connectivity index (χ0) is 13.1. The number of hydrogen-bond acceptors (Lipinski definition) is 3. The minimum absolute atomic E-state index is 0.00725. The van der Waals surface area contributed by atoms with Crippen LogP contribution < -0.4 is 11.1 Å². The van der Waals surface area contributed by atoms with Crippen molar-refractivity contribution in [1.29, 1.82) is 0 Å². The highest BCUT2D eigenvalue weighted by Gasteiger charge is 2.22. The number of halogens is 1. The summed E-state index contributed by atoms with van der Waals surface area (Å²) in [5.74, 6) is 1.02. The number of carbonyl (C=O) groups is 1. The van der Waals surface area contributed by atoms with Gasteiger partial charge < -0.3 is 11.1 Å². The van der Waals surface area contributed by atoms with Crippen molar-refractivity contribution < 1.29 is 4.79 Å². The predicted octanol–water partition coefficient (Wildman–Crippen LogP) is 2.73. The molecule has 1 heterocycles. The average Bonchev–Trinajstić information content (AvgIpc) is 2.28. The molecule has 0 fully saturated rings. The number of thioether (sulfide) groups is 1. The van der Waals surface area contributed by atoms with E-state index in [4.69, 9.17) is 17.3 Å². The molecule has 2 atom stereocenters. The number of fused-ring (bicyclic) bond motifs is 1. The second-order valence-electron chi connectivity index (χ2n) is 4.62. The third-order valence-corrected chi connectivity index (χ3v) is 4.21. The van der Waals surface area contributed by atoms with Gasteiger partial charge in [-0.15, -0.1) is 11.8 Å². The molecule has 1 aliphatic heterocycles. The van der Waals surface area contributed by atoms with Gasteiger partial charge in [-0.3, -0.25) is 4.79 Å². The Morgan fingerprint density at radius 1 is 1.67 bits per heavy atom. The smallest absolute Gasteiger partial charge is 0.222 e. The van der Waals surface area contributed by atoms with Crippen LogP contribution in [0.1, 0.15) is 31.4 Å². The van der Waals surface area contributed by atoms with Gasteiger partial charge in [0, 0.05) is 28.1 Å². The van der Waals surface area contributed by atoms with Gasteiger partial charge in [0.25, 0.3) is 0 Å². The molecule has 5 heteroatoms. The highest BCUT2D eigenvalue weighted by Crippen LogP contribution is 2.37. The average molecular weight is 285 g/mol. The summed E-state index contributed by atoms with van der Waals surface area (Å²) < 4.78 is 0. The van der Waals surface area contributed by atoms with Crippen molar-refractivity contribution in [2.24, 2.45) is 5.73 Å². The van der Waals surface area contributed by atoms with Crippen LogP contribution in [0.25, 0.3) is 0 Å². The Hall–Kier alpha value is -0.710. The lowest BCUT2D eigenvalue weighted by Crippen LogP contribution is -2.34. The first-order valence-electron chi connectivity index (χ1n) is 6.03. The van der Waals surface area contributed by atoms with E-state index in [1.807, 2.05) is 36.9 Å². The molecule has 3 nitrogen and oxygen atoms in total. The van der Waals surface area contributed by atoms with E-state index in [1.165, 1.54) is 4.90 Å². The van der Waals surface area contributed by atoms with Crippen LogP contribution in [0.4, 0.5) is 0 Å². The number of amides is 1. The molecule has 0 aliphatic carbocycles. The lowest BCUT2D eigenvalue weighted by atomic mass is 10.0. The number of nitrogens with two attached hydrogens (primary N) is 1. The summed E-state index contributed by atoms with van der Waals surface area (Å²) in [5, 5.41) is 3.75. The number of hydrogen-bond donors (Lipinski definition) is 2. The second-order valence-corrected chi connectivity index (χ2v) is 6.19. The summed E-state index contributed by atoms with van der Waals surface area (Å²) in [4.78, 5) is 13.0. The van der Waals surface area contributed by atoms with E-state index in [9.17, 15) is 4.79 Å². The summed E-state index contributed by atoms with van der Waals surface area (Å²) in [7, 11) is 0. The molecule has 0 radical (unpaired) electrons. The van der Waals surface area contributed by atoms with Gasteiger partial charge in [0.1, 0.15) is 0 Å². The highest BCUT2D eigenvalue weighted by molar-refractivity contribution is 7.99. The molecular weight excluding hydrogens is 268 g/mol. The summed E-state index contributed by atoms with van der Waals surface area (Å²) in [6, 6.07) is 5.80. The highest BCUT2D eigenvalue weighted by atomic mass is 35.5. The second kappa shape index (κ2) is 5.95. The van der Waals surface area contributed by atoms with E-state index >= 15 is 0 Å². The first kappa shape index (κ1) is 13.7. The van der Waals surface area contributed by atoms with Crippen molar-refractivity contribution in [3.05, 3.63) is 28.8 Å². The van der Waals surface area contributed by atoms with E-state index in [1.54, 1.807) is 0 Å². The molecule has 0 saturated carbocycles. The van der Waals surface area contributed by atoms with Crippen molar-refractivity contribution >= 4 is 29.3 Å². The van der Waals surface area contributed by atoms with Crippen LogP contribution in [0.3, 0.4) is 0 Å². The lowest BCUT2D eigenvalue weighted by Gasteiger charge is -2.26. The van der Waals surface area contributed by atoms with Crippen molar-refractivity contribution in [3.8, 4) is 0 Å². The van der Waals surface area contributed by atoms with Crippen LogP contribution in [-0.2, 0) is 4.79 Å². The van der Waals surface area contributed by atoms with E-state index in [0.717, 1.165) is 17.7 Å². The van der Waals surface area contributed by atoms with Gasteiger partial charge in [0.15, 0.2) is 0 Å². The van der Waals surface area contributed by atoms with E-state index in [-0.39, 0.29) is 18.0 Å². The molecule has 18 heavy (non-hydrogen) atoms. The number of carbonyl (C=O) groups excluding carboxylic acids is 1. The standard InChI is InChI=1S/C13H17ClN2OS/c1-8(15)6-13(17)16-11-4-5-18-12-3-2-9(14)7-10(11)12/h2-3,7-8,11H,4-6,15H2,1H3,(H,16,17). The fourth-order valence-corrected chi connectivity index (χ4v) is 3.35. The maximum absolute atomic E-state index is 11.8. The van der Waals surface area contributed by atoms with Crippen LogP contribution >= 0.6 is 23.4 Å². The third kappa shape index (κ3) is 3.40. The molecule has 1 aromatic rings. The fourth-order valence-electron chi connectivity index (χ4n) is 2.06. The molecule has 1 aliphatic rings. The van der Waals surface area contributed by atoms with E-state index < -0.39 is 0 Å². The molecular formula is C13H17ClN2OS. The molecule has 0 saturated heterocycles. The molecule has 0 aromatic heterocycles. The zero-order valence-corrected chi connectivity index (χ0v) is 11.9. The normalized spacial score (nSPS) is 20.1. The van der Waals surface area contributed by atoms with Crippen LogP contribution in [0, 0.1) is 0 Å². The summed E-state index contributed by atoms with van der Waals surface area (Å²) in [6.45, 7) is 1.83. The topological polar surface area (TPSA) is 55.1 Å². The molecule has 1 amide bonds. The van der Waals surface area contributed by atoms with Gasteiger partial charge >= 0.3 is 0 Å². The Balaban J connectivity index is 2.12. The quantitative estimate of drug-likeness (QED) is 0.897. The molecule has 0 bridgehead atoms. The molecule has 2 unspecified atom stereocenters. The van der Waals surface area contributed by atoms with Crippen LogP contribution in [0.15, 0.2) is 23.1 Å². The van der Waals surface area contributed by atoms with Gasteiger partial charge in [0.2, 0.25) is 5.91 Å². The number of rotatable bonds is 3. The van der Waals surface area contributed by atoms with Gasteiger partial charge in [-0.05, 0) is 37.1 Å². The van der Waals surface area contributed by atoms with Crippen molar-refractivity contribution in [1.82, 2.24) is 5.32 Å². The maximum atomic E-state index is 11.8. The Morgan fingerprint density at radius 3 is 3.17 bits per heavy atom. The van der Waals surface area contributed by atoms with Crippen molar-refractivity contribution in [2.45, 2.75) is 36.7 Å². The SMILES string of the molecule is CC(N)CC(=O)NC1CCSc2ccc(Cl)cc21. The van der Waals surface area contributed by atoms with Crippen molar-refractivity contribution in [2.75, 3.05) is 5.75 Å². The van der Waals surface area contributed by atoms with Crippen LogP contribution in [-0.4, -0.2) is 17.7 Å². The Morgan fingerprint density at radius 2 is 2.44 bits per heavy atom. The minimum atomic E-state index is -0.109. The first-order valence-corrected chi connectivity index (χ1v) is 7.40. The summed E-state index contributed by atoms with van der Waals surface area (Å²) >= 11 is 7.83. The Labute approximate surface area is 116 Å². The maximum Gasteiger partial charge on any atom is 0.222 e. The van der Waals surface area contributed by atoms with Gasteiger partial charge in [0.05, 0.1) is 6.04 Å². The predicted molar refractivity (Wildman–Crippen MR) is 75.9 cm³/mol. The number of nitrogens with one attached hydrogen (secondary N) is 1. The van der Waals surface area contributed by atoms with Crippen LogP contribution in [0.5, 0.6) is 0 Å². The van der Waals surface area contributed by atoms with Gasteiger partial charge in [-0.25, -0.2) is 0 Å². The summed E-state index contributed by atoms with van der Waals surface area (Å²) in [6.07, 6.45) is 1.29. The monoisotopic (exact) mass is 284 g/mol.